The minimum Gasteiger partial charge on any atom is -0.402 e. The van der Waals surface area contributed by atoms with Crippen molar-refractivity contribution in [2.45, 2.75) is 19.8 Å². The van der Waals surface area contributed by atoms with Gasteiger partial charge < -0.3 is 11.1 Å². The molecule has 0 bridgehead atoms. The minimum atomic E-state index is 0.412. The predicted molar refractivity (Wildman–Crippen MR) is 107 cm³/mol. The standard InChI is InChI=1S/C21H24ClN3/c1-15(20(23)16-11-13-24-14-12-16)21(17-7-9-18(22)10-8-17)25-19-5-3-2-4-6-19/h2-10,16,24H,11-14,23H2,1H3/b20-15-,25-21?. The molecule has 1 aliphatic heterocycles. The van der Waals surface area contributed by atoms with E-state index in [0.717, 1.165) is 59.2 Å². The summed E-state index contributed by atoms with van der Waals surface area (Å²) in [4.78, 5) is 4.89. The number of rotatable bonds is 4. The van der Waals surface area contributed by atoms with E-state index in [1.165, 1.54) is 0 Å². The third kappa shape index (κ3) is 4.50. The molecule has 0 atom stereocenters. The third-order valence-electron chi connectivity index (χ3n) is 4.68. The van der Waals surface area contributed by atoms with Crippen LogP contribution in [0.4, 0.5) is 5.69 Å². The molecular formula is C21H24ClN3. The van der Waals surface area contributed by atoms with Crippen molar-refractivity contribution in [3.63, 3.8) is 0 Å². The SMILES string of the molecule is C/C(C(=Nc1ccccc1)c1ccc(Cl)cc1)=C(/N)C1CCNCC1. The molecule has 0 amide bonds. The van der Waals surface area contributed by atoms with E-state index in [0.29, 0.717) is 5.92 Å². The maximum absolute atomic E-state index is 6.56. The van der Waals surface area contributed by atoms with Gasteiger partial charge in [0, 0.05) is 22.2 Å². The van der Waals surface area contributed by atoms with Gasteiger partial charge in [-0.3, -0.25) is 0 Å². The Morgan fingerprint density at radius 3 is 2.32 bits per heavy atom. The van der Waals surface area contributed by atoms with Crippen LogP contribution in [-0.4, -0.2) is 18.8 Å². The monoisotopic (exact) mass is 353 g/mol. The van der Waals surface area contributed by atoms with Crippen molar-refractivity contribution in [3.8, 4) is 0 Å². The minimum absolute atomic E-state index is 0.412. The van der Waals surface area contributed by atoms with Crippen LogP contribution in [0.5, 0.6) is 0 Å². The molecule has 130 valence electrons. The highest BCUT2D eigenvalue weighted by Gasteiger charge is 2.20. The lowest BCUT2D eigenvalue weighted by atomic mass is 9.89. The fourth-order valence-corrected chi connectivity index (χ4v) is 3.31. The van der Waals surface area contributed by atoms with Crippen LogP contribution in [0.25, 0.3) is 0 Å². The van der Waals surface area contributed by atoms with Crippen molar-refractivity contribution in [2.24, 2.45) is 16.6 Å². The van der Waals surface area contributed by atoms with Gasteiger partial charge in [-0.25, -0.2) is 4.99 Å². The number of benzene rings is 2. The van der Waals surface area contributed by atoms with Crippen molar-refractivity contribution in [3.05, 3.63) is 76.5 Å². The van der Waals surface area contributed by atoms with Gasteiger partial charge in [0.25, 0.3) is 0 Å². The Morgan fingerprint density at radius 2 is 1.68 bits per heavy atom. The molecule has 0 spiro atoms. The first-order valence-electron chi connectivity index (χ1n) is 8.72. The molecule has 3 N–H and O–H groups in total. The molecule has 25 heavy (non-hydrogen) atoms. The van der Waals surface area contributed by atoms with Crippen molar-refractivity contribution < 1.29 is 0 Å². The Morgan fingerprint density at radius 1 is 1.04 bits per heavy atom. The number of hydrogen-bond acceptors (Lipinski definition) is 3. The third-order valence-corrected chi connectivity index (χ3v) is 4.93. The molecule has 0 aliphatic carbocycles. The highest BCUT2D eigenvalue weighted by molar-refractivity contribution is 6.30. The molecular weight excluding hydrogens is 330 g/mol. The van der Waals surface area contributed by atoms with Crippen LogP contribution >= 0.6 is 11.6 Å². The summed E-state index contributed by atoms with van der Waals surface area (Å²) in [5.74, 6) is 0.412. The highest BCUT2D eigenvalue weighted by atomic mass is 35.5. The summed E-state index contributed by atoms with van der Waals surface area (Å²) in [5.41, 5.74) is 11.4. The first kappa shape index (κ1) is 17.7. The van der Waals surface area contributed by atoms with E-state index in [1.807, 2.05) is 54.6 Å². The predicted octanol–water partition coefficient (Wildman–Crippen LogP) is 4.69. The summed E-state index contributed by atoms with van der Waals surface area (Å²) in [7, 11) is 0. The Labute approximate surface area is 154 Å². The Balaban J connectivity index is 2.03. The molecule has 3 rings (SSSR count). The maximum Gasteiger partial charge on any atom is 0.0755 e. The van der Waals surface area contributed by atoms with Gasteiger partial charge in [-0.2, -0.15) is 0 Å². The van der Waals surface area contributed by atoms with Crippen molar-refractivity contribution in [1.82, 2.24) is 5.32 Å². The number of nitrogens with zero attached hydrogens (tertiary/aromatic N) is 1. The number of aliphatic imine (C=N–C) groups is 1. The van der Waals surface area contributed by atoms with Crippen LogP contribution in [0, 0.1) is 5.92 Å². The van der Waals surface area contributed by atoms with Crippen LogP contribution in [0.3, 0.4) is 0 Å². The van der Waals surface area contributed by atoms with Gasteiger partial charge in [0.15, 0.2) is 0 Å². The average molecular weight is 354 g/mol. The summed E-state index contributed by atoms with van der Waals surface area (Å²) >= 11 is 6.06. The molecule has 3 nitrogen and oxygen atoms in total. The zero-order valence-electron chi connectivity index (χ0n) is 14.5. The number of hydrogen-bond donors (Lipinski definition) is 2. The molecule has 2 aromatic carbocycles. The maximum atomic E-state index is 6.56. The fraction of sp³-hybridized carbons (Fsp3) is 0.286. The molecule has 1 saturated heterocycles. The number of allylic oxidation sites excluding steroid dienone is 2. The molecule has 0 unspecified atom stereocenters. The molecule has 1 aliphatic rings. The number of nitrogens with two attached hydrogens (primary N) is 1. The lowest BCUT2D eigenvalue weighted by molar-refractivity contribution is 0.416. The summed E-state index contributed by atoms with van der Waals surface area (Å²) in [6.07, 6.45) is 2.14. The van der Waals surface area contributed by atoms with Crippen LogP contribution in [0.15, 0.2) is 70.9 Å². The van der Waals surface area contributed by atoms with Gasteiger partial charge in [-0.05, 0) is 62.7 Å². The number of para-hydroxylation sites is 1. The molecule has 1 heterocycles. The summed E-state index contributed by atoms with van der Waals surface area (Å²) < 4.78 is 0. The first-order chi connectivity index (χ1) is 12.1. The number of halogens is 1. The van der Waals surface area contributed by atoms with Gasteiger partial charge >= 0.3 is 0 Å². The summed E-state index contributed by atoms with van der Waals surface area (Å²) in [6.45, 7) is 4.11. The van der Waals surface area contributed by atoms with E-state index in [-0.39, 0.29) is 0 Å². The van der Waals surface area contributed by atoms with E-state index in [2.05, 4.69) is 12.2 Å². The fourth-order valence-electron chi connectivity index (χ4n) is 3.18. The van der Waals surface area contributed by atoms with E-state index >= 15 is 0 Å². The zero-order chi connectivity index (χ0) is 17.6. The number of piperidine rings is 1. The highest BCUT2D eigenvalue weighted by Crippen LogP contribution is 2.25. The van der Waals surface area contributed by atoms with E-state index in [1.54, 1.807) is 0 Å². The molecule has 0 radical (unpaired) electrons. The van der Waals surface area contributed by atoms with Crippen LogP contribution in [0.1, 0.15) is 25.3 Å². The van der Waals surface area contributed by atoms with E-state index in [4.69, 9.17) is 22.3 Å². The molecule has 2 aromatic rings. The van der Waals surface area contributed by atoms with Crippen LogP contribution < -0.4 is 11.1 Å². The first-order valence-corrected chi connectivity index (χ1v) is 9.10. The second-order valence-electron chi connectivity index (χ2n) is 6.41. The van der Waals surface area contributed by atoms with Gasteiger partial charge in [0.1, 0.15) is 0 Å². The van der Waals surface area contributed by atoms with E-state index in [9.17, 15) is 0 Å². The van der Waals surface area contributed by atoms with Gasteiger partial charge in [0.05, 0.1) is 11.4 Å². The topological polar surface area (TPSA) is 50.4 Å². The van der Waals surface area contributed by atoms with Crippen molar-refractivity contribution in [1.29, 1.82) is 0 Å². The second kappa shape index (κ2) is 8.32. The van der Waals surface area contributed by atoms with Crippen molar-refractivity contribution in [2.75, 3.05) is 13.1 Å². The largest absolute Gasteiger partial charge is 0.402 e. The van der Waals surface area contributed by atoms with Crippen LogP contribution in [-0.2, 0) is 0 Å². The Bertz CT molecular complexity index is 757. The average Bonchev–Trinajstić information content (AvgIpc) is 2.67. The second-order valence-corrected chi connectivity index (χ2v) is 6.84. The Kier molecular flexibility index (Phi) is 5.90. The van der Waals surface area contributed by atoms with E-state index < -0.39 is 0 Å². The Hall–Kier alpha value is -2.10. The zero-order valence-corrected chi connectivity index (χ0v) is 15.3. The van der Waals surface area contributed by atoms with Crippen molar-refractivity contribution >= 4 is 23.0 Å². The number of nitrogens with one attached hydrogen (secondary N) is 1. The van der Waals surface area contributed by atoms with Gasteiger partial charge in [-0.15, -0.1) is 0 Å². The lowest BCUT2D eigenvalue weighted by Crippen LogP contribution is -2.31. The quantitative estimate of drug-likeness (QED) is 0.783. The molecule has 0 saturated carbocycles. The molecule has 4 heteroatoms. The van der Waals surface area contributed by atoms with Crippen LogP contribution in [0.2, 0.25) is 5.02 Å². The smallest absolute Gasteiger partial charge is 0.0755 e. The molecule has 1 fully saturated rings. The summed E-state index contributed by atoms with van der Waals surface area (Å²) in [5, 5.41) is 4.11. The summed E-state index contributed by atoms with van der Waals surface area (Å²) in [6, 6.07) is 17.8. The lowest BCUT2D eigenvalue weighted by Gasteiger charge is -2.25. The normalized spacial score (nSPS) is 17.3. The van der Waals surface area contributed by atoms with Gasteiger partial charge in [-0.1, -0.05) is 41.9 Å². The molecule has 0 aromatic heterocycles. The van der Waals surface area contributed by atoms with Gasteiger partial charge in [0.2, 0.25) is 0 Å².